The molecule has 0 aliphatic carbocycles. The molecule has 7 nitrogen and oxygen atoms in total. The summed E-state index contributed by atoms with van der Waals surface area (Å²) in [6.07, 6.45) is 2.43. The molecular weight excluding hydrogens is 322 g/mol. The van der Waals surface area contributed by atoms with Crippen LogP contribution in [0.1, 0.15) is 35.0 Å². The monoisotopic (exact) mass is 341 g/mol. The summed E-state index contributed by atoms with van der Waals surface area (Å²) in [6, 6.07) is 10.7. The molecule has 0 bridgehead atoms. The van der Waals surface area contributed by atoms with Gasteiger partial charge in [-0.3, -0.25) is 9.59 Å². The van der Waals surface area contributed by atoms with Crippen LogP contribution >= 0.6 is 0 Å². The van der Waals surface area contributed by atoms with Gasteiger partial charge in [-0.1, -0.05) is 30.3 Å². The lowest BCUT2D eigenvalue weighted by molar-refractivity contribution is -0.132. The van der Waals surface area contributed by atoms with Gasteiger partial charge >= 0.3 is 11.9 Å². The van der Waals surface area contributed by atoms with E-state index >= 15 is 0 Å². The van der Waals surface area contributed by atoms with Gasteiger partial charge in [0.1, 0.15) is 5.54 Å². The Morgan fingerprint density at radius 3 is 2.60 bits per heavy atom. The number of hydrogen-bond acceptors (Lipinski definition) is 4. The predicted molar refractivity (Wildman–Crippen MR) is 89.5 cm³/mol. The SMILES string of the molecule is Cc1ccoc1C(=O)NN1C(=O)NC(C)(CCc2ccccc2)C1=O. The van der Waals surface area contributed by atoms with Crippen LogP contribution in [0, 0.1) is 6.92 Å². The molecule has 0 spiro atoms. The molecule has 7 heteroatoms. The van der Waals surface area contributed by atoms with Crippen LogP contribution in [-0.4, -0.2) is 28.4 Å². The van der Waals surface area contributed by atoms with Crippen LogP contribution in [0.15, 0.2) is 47.1 Å². The first-order valence-corrected chi connectivity index (χ1v) is 7.96. The smallest absolute Gasteiger partial charge is 0.344 e. The quantitative estimate of drug-likeness (QED) is 0.816. The van der Waals surface area contributed by atoms with Gasteiger partial charge in [-0.2, -0.15) is 5.01 Å². The third-order valence-corrected chi connectivity index (χ3v) is 4.30. The van der Waals surface area contributed by atoms with Crippen molar-refractivity contribution >= 4 is 17.8 Å². The van der Waals surface area contributed by atoms with Gasteiger partial charge in [-0.15, -0.1) is 0 Å². The van der Waals surface area contributed by atoms with Crippen LogP contribution < -0.4 is 10.7 Å². The Bertz CT molecular complexity index is 815. The van der Waals surface area contributed by atoms with Gasteiger partial charge < -0.3 is 9.73 Å². The fraction of sp³-hybridized carbons (Fsp3) is 0.278. The lowest BCUT2D eigenvalue weighted by Crippen LogP contribution is -2.49. The average molecular weight is 341 g/mol. The van der Waals surface area contributed by atoms with E-state index in [4.69, 9.17) is 4.42 Å². The van der Waals surface area contributed by atoms with E-state index < -0.39 is 23.4 Å². The van der Waals surface area contributed by atoms with Crippen molar-refractivity contribution in [3.8, 4) is 0 Å². The molecule has 1 aliphatic rings. The van der Waals surface area contributed by atoms with Gasteiger partial charge in [-0.05, 0) is 38.3 Å². The second-order valence-electron chi connectivity index (χ2n) is 6.26. The number of amides is 4. The van der Waals surface area contributed by atoms with E-state index in [0.29, 0.717) is 18.4 Å². The van der Waals surface area contributed by atoms with Gasteiger partial charge in [0.2, 0.25) is 0 Å². The van der Waals surface area contributed by atoms with E-state index in [0.717, 1.165) is 10.6 Å². The zero-order valence-corrected chi connectivity index (χ0v) is 14.0. The highest BCUT2D eigenvalue weighted by atomic mass is 16.3. The van der Waals surface area contributed by atoms with Crippen LogP contribution in [0.4, 0.5) is 4.79 Å². The summed E-state index contributed by atoms with van der Waals surface area (Å²) in [5, 5.41) is 3.38. The lowest BCUT2D eigenvalue weighted by Gasteiger charge is -2.21. The summed E-state index contributed by atoms with van der Waals surface area (Å²) < 4.78 is 5.08. The summed E-state index contributed by atoms with van der Waals surface area (Å²) in [6.45, 7) is 3.36. The molecule has 2 heterocycles. The van der Waals surface area contributed by atoms with E-state index in [9.17, 15) is 14.4 Å². The molecule has 1 atom stereocenters. The van der Waals surface area contributed by atoms with Crippen molar-refractivity contribution in [1.82, 2.24) is 15.8 Å². The Labute approximate surface area is 145 Å². The van der Waals surface area contributed by atoms with Gasteiger partial charge in [0.25, 0.3) is 5.91 Å². The highest BCUT2D eigenvalue weighted by Gasteiger charge is 2.48. The van der Waals surface area contributed by atoms with E-state index in [1.807, 2.05) is 30.3 Å². The van der Waals surface area contributed by atoms with Crippen molar-refractivity contribution in [2.75, 3.05) is 0 Å². The first kappa shape index (κ1) is 16.8. The van der Waals surface area contributed by atoms with E-state index in [2.05, 4.69) is 10.7 Å². The minimum atomic E-state index is -1.07. The number of nitrogens with one attached hydrogen (secondary N) is 2. The molecule has 2 aromatic rings. The number of benzene rings is 1. The first-order chi connectivity index (χ1) is 11.9. The third-order valence-electron chi connectivity index (χ3n) is 4.30. The molecule has 0 radical (unpaired) electrons. The van der Waals surface area contributed by atoms with Gasteiger partial charge in [0.15, 0.2) is 5.76 Å². The largest absolute Gasteiger partial charge is 0.459 e. The van der Waals surface area contributed by atoms with Crippen LogP contribution in [0.2, 0.25) is 0 Å². The maximum absolute atomic E-state index is 12.6. The highest BCUT2D eigenvalue weighted by Crippen LogP contribution is 2.22. The summed E-state index contributed by atoms with van der Waals surface area (Å²) >= 11 is 0. The zero-order chi connectivity index (χ0) is 18.0. The Morgan fingerprint density at radius 1 is 1.24 bits per heavy atom. The number of aryl methyl sites for hydroxylation is 2. The number of imide groups is 1. The van der Waals surface area contributed by atoms with Crippen molar-refractivity contribution in [1.29, 1.82) is 0 Å². The normalized spacial score (nSPS) is 19.8. The Hall–Kier alpha value is -3.09. The van der Waals surface area contributed by atoms with E-state index in [-0.39, 0.29) is 5.76 Å². The topological polar surface area (TPSA) is 91.7 Å². The minimum Gasteiger partial charge on any atom is -0.459 e. The average Bonchev–Trinajstić information content (AvgIpc) is 3.11. The predicted octanol–water partition coefficient (Wildman–Crippen LogP) is 2.18. The van der Waals surface area contributed by atoms with E-state index in [1.54, 1.807) is 19.9 Å². The Balaban J connectivity index is 1.69. The molecule has 2 N–H and O–H groups in total. The lowest BCUT2D eigenvalue weighted by atomic mass is 9.93. The van der Waals surface area contributed by atoms with Crippen molar-refractivity contribution in [2.45, 2.75) is 32.2 Å². The molecule has 1 fully saturated rings. The van der Waals surface area contributed by atoms with Crippen LogP contribution in [0.5, 0.6) is 0 Å². The fourth-order valence-corrected chi connectivity index (χ4v) is 2.75. The first-order valence-electron chi connectivity index (χ1n) is 7.96. The number of furan rings is 1. The van der Waals surface area contributed by atoms with E-state index in [1.165, 1.54) is 6.26 Å². The van der Waals surface area contributed by atoms with Gasteiger partial charge in [-0.25, -0.2) is 10.2 Å². The summed E-state index contributed by atoms with van der Waals surface area (Å²) in [5.74, 6) is -1.07. The number of rotatable bonds is 5. The Morgan fingerprint density at radius 2 is 1.96 bits per heavy atom. The molecule has 1 saturated heterocycles. The number of hydrazine groups is 1. The maximum atomic E-state index is 12.6. The number of carbonyl (C=O) groups excluding carboxylic acids is 3. The van der Waals surface area contributed by atoms with Crippen molar-refractivity contribution in [2.24, 2.45) is 0 Å². The van der Waals surface area contributed by atoms with Crippen molar-refractivity contribution in [3.63, 3.8) is 0 Å². The van der Waals surface area contributed by atoms with Crippen LogP contribution in [0.3, 0.4) is 0 Å². The summed E-state index contributed by atoms with van der Waals surface area (Å²) in [4.78, 5) is 37.0. The maximum Gasteiger partial charge on any atom is 0.344 e. The van der Waals surface area contributed by atoms with Crippen LogP contribution in [0.25, 0.3) is 0 Å². The van der Waals surface area contributed by atoms with Crippen molar-refractivity contribution < 1.29 is 18.8 Å². The number of urea groups is 1. The molecule has 1 aliphatic heterocycles. The summed E-state index contributed by atoms with van der Waals surface area (Å²) in [7, 11) is 0. The molecule has 0 saturated carbocycles. The second-order valence-corrected chi connectivity index (χ2v) is 6.26. The van der Waals surface area contributed by atoms with Crippen LogP contribution in [-0.2, 0) is 11.2 Å². The molecule has 25 heavy (non-hydrogen) atoms. The standard InChI is InChI=1S/C18H19N3O4/c1-12-9-11-25-14(12)15(22)20-21-16(23)18(2,19-17(21)24)10-8-13-6-4-3-5-7-13/h3-7,9,11H,8,10H2,1-2H3,(H,19,24)(H,20,22). The molecule has 1 unspecified atom stereocenters. The number of hydrogen-bond donors (Lipinski definition) is 2. The molecule has 1 aromatic carbocycles. The summed E-state index contributed by atoms with van der Waals surface area (Å²) in [5.41, 5.74) is 2.93. The fourth-order valence-electron chi connectivity index (χ4n) is 2.75. The van der Waals surface area contributed by atoms with Crippen molar-refractivity contribution in [3.05, 3.63) is 59.5 Å². The zero-order valence-electron chi connectivity index (χ0n) is 14.0. The molecule has 3 rings (SSSR count). The molecule has 130 valence electrons. The van der Waals surface area contributed by atoms with Gasteiger partial charge in [0.05, 0.1) is 6.26 Å². The molecule has 1 aromatic heterocycles. The second kappa shape index (κ2) is 6.43. The molecular formula is C18H19N3O4. The number of nitrogens with zero attached hydrogens (tertiary/aromatic N) is 1. The highest BCUT2D eigenvalue weighted by molar-refractivity contribution is 6.08. The number of carbonyl (C=O) groups is 3. The minimum absolute atomic E-state index is 0.0680. The molecule has 4 amide bonds. The van der Waals surface area contributed by atoms with Gasteiger partial charge in [0, 0.05) is 5.56 Å². The Kier molecular flexibility index (Phi) is 4.31. The third kappa shape index (κ3) is 3.26.